The summed E-state index contributed by atoms with van der Waals surface area (Å²) in [6.07, 6.45) is 7.66. The highest BCUT2D eigenvalue weighted by atomic mass is 15.2. The molecule has 108 valence electrons. The Labute approximate surface area is 114 Å². The van der Waals surface area contributed by atoms with Crippen molar-refractivity contribution in [2.45, 2.75) is 64.0 Å². The third kappa shape index (κ3) is 5.25. The minimum atomic E-state index is 0.128. The Morgan fingerprint density at radius 1 is 1.17 bits per heavy atom. The smallest absolute Gasteiger partial charge is 0.0194 e. The van der Waals surface area contributed by atoms with Gasteiger partial charge in [-0.3, -0.25) is 4.90 Å². The van der Waals surface area contributed by atoms with Gasteiger partial charge < -0.3 is 10.6 Å². The van der Waals surface area contributed by atoms with Crippen LogP contribution < -0.4 is 5.73 Å². The van der Waals surface area contributed by atoms with Crippen LogP contribution in [-0.4, -0.2) is 55.1 Å². The summed E-state index contributed by atoms with van der Waals surface area (Å²) in [7, 11) is 4.30. The Morgan fingerprint density at radius 3 is 2.28 bits per heavy atom. The van der Waals surface area contributed by atoms with Crippen LogP contribution in [0.4, 0.5) is 0 Å². The molecule has 0 saturated heterocycles. The van der Waals surface area contributed by atoms with E-state index in [4.69, 9.17) is 5.73 Å². The largest absolute Gasteiger partial charge is 0.325 e. The van der Waals surface area contributed by atoms with E-state index >= 15 is 0 Å². The van der Waals surface area contributed by atoms with Crippen LogP contribution in [0.2, 0.25) is 0 Å². The summed E-state index contributed by atoms with van der Waals surface area (Å²) in [6.45, 7) is 8.00. The molecule has 1 saturated carbocycles. The number of nitrogens with two attached hydrogens (primary N) is 1. The van der Waals surface area contributed by atoms with Gasteiger partial charge >= 0.3 is 0 Å². The van der Waals surface area contributed by atoms with Gasteiger partial charge in [0.15, 0.2) is 0 Å². The van der Waals surface area contributed by atoms with E-state index in [2.05, 4.69) is 37.7 Å². The second-order valence-corrected chi connectivity index (χ2v) is 6.41. The lowest BCUT2D eigenvalue weighted by molar-refractivity contribution is 0.155. The maximum Gasteiger partial charge on any atom is 0.0194 e. The van der Waals surface area contributed by atoms with Crippen LogP contribution >= 0.6 is 0 Å². The van der Waals surface area contributed by atoms with Crippen LogP contribution in [0, 0.1) is 0 Å². The van der Waals surface area contributed by atoms with Crippen molar-refractivity contribution < 1.29 is 0 Å². The van der Waals surface area contributed by atoms with Gasteiger partial charge in [0.05, 0.1) is 0 Å². The zero-order chi connectivity index (χ0) is 13.6. The topological polar surface area (TPSA) is 32.5 Å². The molecule has 1 fully saturated rings. The van der Waals surface area contributed by atoms with Gasteiger partial charge in [-0.15, -0.1) is 0 Å². The molecule has 1 atom stereocenters. The van der Waals surface area contributed by atoms with Gasteiger partial charge in [0.25, 0.3) is 0 Å². The number of likely N-dealkylation sites (N-methyl/N-ethyl adjacent to an activating group) is 2. The fourth-order valence-electron chi connectivity index (χ4n) is 3.21. The lowest BCUT2D eigenvalue weighted by Crippen LogP contribution is -2.47. The first-order chi connectivity index (χ1) is 8.47. The molecule has 0 aromatic heterocycles. The highest BCUT2D eigenvalue weighted by Gasteiger charge is 2.28. The summed E-state index contributed by atoms with van der Waals surface area (Å²) in [5, 5.41) is 0. The SMILES string of the molecule is CCN(CCC1(N)CCCCC1)C(C)CN(C)C. The number of hydrogen-bond donors (Lipinski definition) is 1. The molecule has 0 aliphatic heterocycles. The zero-order valence-corrected chi connectivity index (χ0v) is 12.9. The minimum Gasteiger partial charge on any atom is -0.325 e. The lowest BCUT2D eigenvalue weighted by atomic mass is 9.80. The molecule has 0 bridgehead atoms. The monoisotopic (exact) mass is 255 g/mol. The summed E-state index contributed by atoms with van der Waals surface area (Å²) in [6, 6.07) is 0.622. The van der Waals surface area contributed by atoms with Crippen molar-refractivity contribution in [1.29, 1.82) is 0 Å². The van der Waals surface area contributed by atoms with E-state index in [0.29, 0.717) is 6.04 Å². The number of rotatable bonds is 7. The first-order valence-electron chi connectivity index (χ1n) is 7.64. The second kappa shape index (κ2) is 7.46. The molecule has 0 amide bonds. The minimum absolute atomic E-state index is 0.128. The highest BCUT2D eigenvalue weighted by Crippen LogP contribution is 2.28. The van der Waals surface area contributed by atoms with Crippen LogP contribution in [0.3, 0.4) is 0 Å². The molecule has 18 heavy (non-hydrogen) atoms. The zero-order valence-electron chi connectivity index (χ0n) is 12.9. The first kappa shape index (κ1) is 15.9. The Morgan fingerprint density at radius 2 is 1.78 bits per heavy atom. The fraction of sp³-hybridized carbons (Fsp3) is 1.00. The van der Waals surface area contributed by atoms with Crippen LogP contribution in [0.1, 0.15) is 52.4 Å². The van der Waals surface area contributed by atoms with Crippen LogP contribution in [0.5, 0.6) is 0 Å². The molecule has 1 unspecified atom stereocenters. The van der Waals surface area contributed by atoms with Gasteiger partial charge in [0.2, 0.25) is 0 Å². The quantitative estimate of drug-likeness (QED) is 0.758. The van der Waals surface area contributed by atoms with Gasteiger partial charge in [-0.1, -0.05) is 26.2 Å². The van der Waals surface area contributed by atoms with E-state index in [0.717, 1.165) is 19.6 Å². The van der Waals surface area contributed by atoms with Crippen molar-refractivity contribution in [3.63, 3.8) is 0 Å². The lowest BCUT2D eigenvalue weighted by Gasteiger charge is -2.37. The Hall–Kier alpha value is -0.120. The van der Waals surface area contributed by atoms with Crippen LogP contribution in [0.25, 0.3) is 0 Å². The summed E-state index contributed by atoms with van der Waals surface area (Å²) in [4.78, 5) is 4.84. The van der Waals surface area contributed by atoms with E-state index in [9.17, 15) is 0 Å². The molecule has 3 nitrogen and oxygen atoms in total. The van der Waals surface area contributed by atoms with Crippen molar-refractivity contribution in [3.8, 4) is 0 Å². The molecule has 0 aromatic carbocycles. The fourth-order valence-corrected chi connectivity index (χ4v) is 3.21. The third-order valence-electron chi connectivity index (χ3n) is 4.41. The molecule has 0 radical (unpaired) electrons. The van der Waals surface area contributed by atoms with Crippen LogP contribution in [-0.2, 0) is 0 Å². The summed E-state index contributed by atoms with van der Waals surface area (Å²) in [5.41, 5.74) is 6.65. The van der Waals surface area contributed by atoms with Gasteiger partial charge in [-0.25, -0.2) is 0 Å². The molecular formula is C15H33N3. The van der Waals surface area contributed by atoms with Gasteiger partial charge in [-0.2, -0.15) is 0 Å². The van der Waals surface area contributed by atoms with Crippen LogP contribution in [0.15, 0.2) is 0 Å². The molecule has 0 spiro atoms. The van der Waals surface area contributed by atoms with Crippen molar-refractivity contribution >= 4 is 0 Å². The van der Waals surface area contributed by atoms with Crippen molar-refractivity contribution in [2.24, 2.45) is 5.73 Å². The Bertz CT molecular complexity index is 222. The highest BCUT2D eigenvalue weighted by molar-refractivity contribution is 4.88. The molecule has 3 heteroatoms. The van der Waals surface area contributed by atoms with Crippen molar-refractivity contribution in [2.75, 3.05) is 33.7 Å². The van der Waals surface area contributed by atoms with E-state index in [1.165, 1.54) is 38.5 Å². The predicted octanol–water partition coefficient (Wildman–Crippen LogP) is 2.31. The van der Waals surface area contributed by atoms with E-state index in [1.807, 2.05) is 0 Å². The molecule has 2 N–H and O–H groups in total. The number of hydrogen-bond acceptors (Lipinski definition) is 3. The Balaban J connectivity index is 2.38. The van der Waals surface area contributed by atoms with Gasteiger partial charge in [-0.05, 0) is 46.8 Å². The average molecular weight is 255 g/mol. The summed E-state index contributed by atoms with van der Waals surface area (Å²) >= 11 is 0. The van der Waals surface area contributed by atoms with E-state index in [1.54, 1.807) is 0 Å². The van der Waals surface area contributed by atoms with E-state index < -0.39 is 0 Å². The average Bonchev–Trinajstić information content (AvgIpc) is 2.29. The summed E-state index contributed by atoms with van der Waals surface area (Å²) < 4.78 is 0. The molecule has 0 aromatic rings. The normalized spacial score (nSPS) is 21.5. The molecule has 1 aliphatic carbocycles. The first-order valence-corrected chi connectivity index (χ1v) is 7.64. The van der Waals surface area contributed by atoms with Gasteiger partial charge in [0.1, 0.15) is 0 Å². The molecule has 1 aliphatic rings. The standard InChI is InChI=1S/C15H33N3/c1-5-18(14(2)13-17(3)4)12-11-15(16)9-7-6-8-10-15/h14H,5-13,16H2,1-4H3. The van der Waals surface area contributed by atoms with Crippen molar-refractivity contribution in [3.05, 3.63) is 0 Å². The number of nitrogens with zero attached hydrogens (tertiary/aromatic N) is 2. The van der Waals surface area contributed by atoms with Crippen molar-refractivity contribution in [1.82, 2.24) is 9.80 Å². The Kier molecular flexibility index (Phi) is 6.61. The molecular weight excluding hydrogens is 222 g/mol. The third-order valence-corrected chi connectivity index (χ3v) is 4.41. The molecule has 0 heterocycles. The predicted molar refractivity (Wildman–Crippen MR) is 79.9 cm³/mol. The van der Waals surface area contributed by atoms with E-state index in [-0.39, 0.29) is 5.54 Å². The maximum atomic E-state index is 6.53. The van der Waals surface area contributed by atoms with Gasteiger partial charge in [0, 0.05) is 24.7 Å². The maximum absolute atomic E-state index is 6.53. The molecule has 1 rings (SSSR count). The summed E-state index contributed by atoms with van der Waals surface area (Å²) in [5.74, 6) is 0. The second-order valence-electron chi connectivity index (χ2n) is 6.41.